The van der Waals surface area contributed by atoms with Gasteiger partial charge < -0.3 is 15.6 Å². The van der Waals surface area contributed by atoms with Crippen LogP contribution in [-0.2, 0) is 6.54 Å². The molecule has 4 nitrogen and oxygen atoms in total. The summed E-state index contributed by atoms with van der Waals surface area (Å²) in [5.41, 5.74) is 8.43. The Morgan fingerprint density at radius 3 is 2.57 bits per heavy atom. The maximum Gasteiger partial charge on any atom is 0.147 e. The van der Waals surface area contributed by atoms with E-state index in [0.717, 1.165) is 16.9 Å². The minimum atomic E-state index is 0.563. The van der Waals surface area contributed by atoms with E-state index in [4.69, 9.17) is 10.3 Å². The van der Waals surface area contributed by atoms with E-state index in [2.05, 4.69) is 10.5 Å². The standard InChI is InChI=1S/C10H11N3O/c11-5-8-1-3-9(4-2-8)13-10-6-12-14-7-10/h1-4,6-7,13H,5,11H2. The molecule has 2 aromatic rings. The van der Waals surface area contributed by atoms with E-state index in [1.807, 2.05) is 24.3 Å². The SMILES string of the molecule is NCc1ccc(Nc2cnoc2)cc1. The molecule has 0 unspecified atom stereocenters. The highest BCUT2D eigenvalue weighted by Crippen LogP contribution is 2.15. The Morgan fingerprint density at radius 1 is 1.21 bits per heavy atom. The quantitative estimate of drug-likeness (QED) is 0.773. The van der Waals surface area contributed by atoms with Crippen molar-refractivity contribution < 1.29 is 4.52 Å². The average Bonchev–Trinajstić information content (AvgIpc) is 2.72. The van der Waals surface area contributed by atoms with Crippen LogP contribution in [0.25, 0.3) is 0 Å². The topological polar surface area (TPSA) is 64.1 Å². The minimum absolute atomic E-state index is 0.563. The molecule has 4 heteroatoms. The highest BCUT2D eigenvalue weighted by molar-refractivity contribution is 5.57. The predicted molar refractivity (Wildman–Crippen MR) is 54.1 cm³/mol. The molecular formula is C10H11N3O. The fraction of sp³-hybridized carbons (Fsp3) is 0.100. The molecule has 0 amide bonds. The molecule has 1 aromatic heterocycles. The fourth-order valence-electron chi connectivity index (χ4n) is 1.16. The van der Waals surface area contributed by atoms with Gasteiger partial charge in [-0.05, 0) is 17.7 Å². The van der Waals surface area contributed by atoms with Gasteiger partial charge in [-0.25, -0.2) is 0 Å². The second-order valence-corrected chi connectivity index (χ2v) is 2.94. The number of aromatic nitrogens is 1. The number of anilines is 2. The van der Waals surface area contributed by atoms with Gasteiger partial charge in [0.25, 0.3) is 0 Å². The first kappa shape index (κ1) is 8.77. The molecule has 0 bridgehead atoms. The third kappa shape index (κ3) is 1.92. The molecule has 2 rings (SSSR count). The highest BCUT2D eigenvalue weighted by Gasteiger charge is 1.96. The Morgan fingerprint density at radius 2 is 2.00 bits per heavy atom. The van der Waals surface area contributed by atoms with Crippen molar-refractivity contribution in [2.24, 2.45) is 5.73 Å². The molecule has 72 valence electrons. The normalized spacial score (nSPS) is 10.1. The zero-order valence-corrected chi connectivity index (χ0v) is 7.60. The number of rotatable bonds is 3. The summed E-state index contributed by atoms with van der Waals surface area (Å²) in [6.45, 7) is 0.563. The van der Waals surface area contributed by atoms with Gasteiger partial charge in [-0.15, -0.1) is 0 Å². The second kappa shape index (κ2) is 3.93. The number of benzene rings is 1. The monoisotopic (exact) mass is 189 g/mol. The molecule has 1 aromatic carbocycles. The summed E-state index contributed by atoms with van der Waals surface area (Å²) in [6, 6.07) is 7.90. The molecule has 3 N–H and O–H groups in total. The number of nitrogens with two attached hydrogens (primary N) is 1. The van der Waals surface area contributed by atoms with Gasteiger partial charge >= 0.3 is 0 Å². The molecule has 0 aliphatic heterocycles. The lowest BCUT2D eigenvalue weighted by molar-refractivity contribution is 0.420. The van der Waals surface area contributed by atoms with E-state index < -0.39 is 0 Å². The van der Waals surface area contributed by atoms with E-state index >= 15 is 0 Å². The molecule has 0 saturated heterocycles. The second-order valence-electron chi connectivity index (χ2n) is 2.94. The molecule has 1 heterocycles. The minimum Gasteiger partial charge on any atom is -0.363 e. The van der Waals surface area contributed by atoms with E-state index in [-0.39, 0.29) is 0 Å². The van der Waals surface area contributed by atoms with Crippen molar-refractivity contribution in [1.29, 1.82) is 0 Å². The zero-order valence-electron chi connectivity index (χ0n) is 7.60. The lowest BCUT2D eigenvalue weighted by Gasteiger charge is -2.03. The molecule has 0 aliphatic carbocycles. The van der Waals surface area contributed by atoms with Gasteiger partial charge in [0.15, 0.2) is 0 Å². The van der Waals surface area contributed by atoms with Crippen LogP contribution in [0.3, 0.4) is 0 Å². The molecule has 0 radical (unpaired) electrons. The maximum absolute atomic E-state index is 5.49. The smallest absolute Gasteiger partial charge is 0.147 e. The summed E-state index contributed by atoms with van der Waals surface area (Å²) in [5.74, 6) is 0. The van der Waals surface area contributed by atoms with Crippen molar-refractivity contribution >= 4 is 11.4 Å². The Balaban J connectivity index is 2.10. The summed E-state index contributed by atoms with van der Waals surface area (Å²) < 4.78 is 4.70. The van der Waals surface area contributed by atoms with Crippen LogP contribution in [-0.4, -0.2) is 5.16 Å². The van der Waals surface area contributed by atoms with Crippen molar-refractivity contribution in [2.75, 3.05) is 5.32 Å². The molecule has 0 atom stereocenters. The molecule has 0 fully saturated rings. The summed E-state index contributed by atoms with van der Waals surface area (Å²) in [7, 11) is 0. The largest absolute Gasteiger partial charge is 0.363 e. The van der Waals surface area contributed by atoms with E-state index in [0.29, 0.717) is 6.54 Å². The van der Waals surface area contributed by atoms with Crippen molar-refractivity contribution in [3.05, 3.63) is 42.3 Å². The first-order chi connectivity index (χ1) is 6.88. The highest BCUT2D eigenvalue weighted by atomic mass is 16.5. The van der Waals surface area contributed by atoms with Crippen molar-refractivity contribution in [1.82, 2.24) is 5.16 Å². The van der Waals surface area contributed by atoms with Gasteiger partial charge in [0.1, 0.15) is 6.26 Å². The predicted octanol–water partition coefficient (Wildman–Crippen LogP) is 1.88. The Labute approximate surface area is 81.7 Å². The molecule has 0 spiro atoms. The first-order valence-corrected chi connectivity index (χ1v) is 4.34. The van der Waals surface area contributed by atoms with Crippen LogP contribution < -0.4 is 11.1 Å². The number of hydrogen-bond donors (Lipinski definition) is 2. The Hall–Kier alpha value is -1.81. The molecular weight excluding hydrogens is 178 g/mol. The Bertz CT molecular complexity index is 380. The van der Waals surface area contributed by atoms with Crippen molar-refractivity contribution in [3.63, 3.8) is 0 Å². The van der Waals surface area contributed by atoms with Gasteiger partial charge in [-0.1, -0.05) is 17.3 Å². The third-order valence-electron chi connectivity index (χ3n) is 1.91. The average molecular weight is 189 g/mol. The molecule has 14 heavy (non-hydrogen) atoms. The van der Waals surface area contributed by atoms with Gasteiger partial charge in [0.2, 0.25) is 0 Å². The van der Waals surface area contributed by atoms with Gasteiger partial charge in [0, 0.05) is 12.2 Å². The summed E-state index contributed by atoms with van der Waals surface area (Å²) in [4.78, 5) is 0. The van der Waals surface area contributed by atoms with Gasteiger partial charge in [0.05, 0.1) is 11.9 Å². The fourth-order valence-corrected chi connectivity index (χ4v) is 1.16. The first-order valence-electron chi connectivity index (χ1n) is 4.34. The van der Waals surface area contributed by atoms with Crippen LogP contribution in [0.5, 0.6) is 0 Å². The summed E-state index contributed by atoms with van der Waals surface area (Å²) in [6.07, 6.45) is 3.17. The van der Waals surface area contributed by atoms with Crippen molar-refractivity contribution in [2.45, 2.75) is 6.54 Å². The van der Waals surface area contributed by atoms with E-state index in [1.165, 1.54) is 0 Å². The van der Waals surface area contributed by atoms with Gasteiger partial charge in [-0.3, -0.25) is 0 Å². The number of nitrogens with one attached hydrogen (secondary N) is 1. The van der Waals surface area contributed by atoms with Crippen LogP contribution in [0.15, 0.2) is 41.2 Å². The Kier molecular flexibility index (Phi) is 2.46. The lowest BCUT2D eigenvalue weighted by Crippen LogP contribution is -1.96. The number of hydrogen-bond acceptors (Lipinski definition) is 4. The molecule has 0 saturated carbocycles. The lowest BCUT2D eigenvalue weighted by atomic mass is 10.2. The molecule has 0 aliphatic rings. The van der Waals surface area contributed by atoms with Crippen LogP contribution >= 0.6 is 0 Å². The van der Waals surface area contributed by atoms with E-state index in [1.54, 1.807) is 12.5 Å². The van der Waals surface area contributed by atoms with Crippen LogP contribution in [0, 0.1) is 0 Å². The summed E-state index contributed by atoms with van der Waals surface area (Å²) >= 11 is 0. The third-order valence-corrected chi connectivity index (χ3v) is 1.91. The van der Waals surface area contributed by atoms with Crippen LogP contribution in [0.4, 0.5) is 11.4 Å². The number of nitrogens with zero attached hydrogens (tertiary/aromatic N) is 1. The zero-order chi connectivity index (χ0) is 9.80. The maximum atomic E-state index is 5.49. The van der Waals surface area contributed by atoms with Crippen LogP contribution in [0.2, 0.25) is 0 Å². The van der Waals surface area contributed by atoms with Crippen molar-refractivity contribution in [3.8, 4) is 0 Å². The summed E-state index contributed by atoms with van der Waals surface area (Å²) in [5, 5.41) is 6.73. The van der Waals surface area contributed by atoms with E-state index in [9.17, 15) is 0 Å². The van der Waals surface area contributed by atoms with Gasteiger partial charge in [-0.2, -0.15) is 0 Å². The van der Waals surface area contributed by atoms with Crippen LogP contribution in [0.1, 0.15) is 5.56 Å².